The molecule has 1 N–H and O–H groups in total. The summed E-state index contributed by atoms with van der Waals surface area (Å²) in [4.78, 5) is 21.1. The summed E-state index contributed by atoms with van der Waals surface area (Å²) in [5.74, 6) is 0.213. The van der Waals surface area contributed by atoms with Gasteiger partial charge in [0.25, 0.3) is 0 Å². The number of likely N-dealkylation sites (tertiary alicyclic amines) is 1. The maximum atomic E-state index is 14.4. The van der Waals surface area contributed by atoms with Crippen LogP contribution in [0.1, 0.15) is 49.4 Å². The van der Waals surface area contributed by atoms with Crippen molar-refractivity contribution in [1.29, 1.82) is 5.26 Å². The van der Waals surface area contributed by atoms with Crippen molar-refractivity contribution in [2.45, 2.75) is 39.0 Å². The van der Waals surface area contributed by atoms with Gasteiger partial charge in [0.2, 0.25) is 5.91 Å². The van der Waals surface area contributed by atoms with Gasteiger partial charge >= 0.3 is 0 Å². The minimum absolute atomic E-state index is 0.00896. The summed E-state index contributed by atoms with van der Waals surface area (Å²) >= 11 is 0. The molecule has 1 aromatic carbocycles. The van der Waals surface area contributed by atoms with E-state index in [4.69, 9.17) is 4.98 Å². The van der Waals surface area contributed by atoms with Crippen molar-refractivity contribution in [2.24, 2.45) is 16.7 Å². The Balaban J connectivity index is 1.47. The highest BCUT2D eigenvalue weighted by molar-refractivity contribution is 5.88. The highest BCUT2D eigenvalue weighted by Gasteiger charge is 2.55. The maximum Gasteiger partial charge on any atom is 0.245 e. The minimum atomic E-state index is -0.693. The Morgan fingerprint density at radius 3 is 2.80 bits per heavy atom. The molecule has 3 fully saturated rings. The van der Waals surface area contributed by atoms with Crippen LogP contribution in [0.2, 0.25) is 0 Å². The molecule has 0 radical (unpaired) electrons. The van der Waals surface area contributed by atoms with Gasteiger partial charge in [0.15, 0.2) is 11.6 Å². The van der Waals surface area contributed by atoms with Crippen molar-refractivity contribution in [2.75, 3.05) is 31.1 Å². The topological polar surface area (TPSA) is 80.5 Å². The molecule has 1 amide bonds. The Bertz CT molecular complexity index is 1320. The summed E-state index contributed by atoms with van der Waals surface area (Å²) < 4.78 is 14.4. The number of pyridine rings is 1. The van der Waals surface area contributed by atoms with Crippen LogP contribution in [0, 0.1) is 33.9 Å². The fraction of sp³-hybridized carbons (Fsp3) is 0.464. The molecule has 7 rings (SSSR count). The normalized spacial score (nSPS) is 24.9. The number of nitrogens with zero attached hydrogens (tertiary/aromatic N) is 4. The minimum Gasteiger partial charge on any atom is -0.504 e. The smallest absolute Gasteiger partial charge is 0.245 e. The van der Waals surface area contributed by atoms with E-state index >= 15 is 0 Å². The number of aromatic nitrogens is 1. The Hall–Kier alpha value is -3.40. The molecule has 180 valence electrons. The van der Waals surface area contributed by atoms with E-state index in [1.54, 1.807) is 17.0 Å². The van der Waals surface area contributed by atoms with E-state index in [2.05, 4.69) is 31.4 Å². The second-order valence-corrected chi connectivity index (χ2v) is 11.4. The number of carbonyl (C=O) groups excluding carboxylic acids is 1. The van der Waals surface area contributed by atoms with Gasteiger partial charge in [-0.05, 0) is 48.3 Å². The second-order valence-electron chi connectivity index (χ2n) is 11.4. The summed E-state index contributed by atoms with van der Waals surface area (Å²) in [7, 11) is 0. The first-order valence-electron chi connectivity index (χ1n) is 12.3. The molecule has 1 saturated carbocycles. The molecule has 3 aliphatic carbocycles. The molecule has 2 saturated heterocycles. The van der Waals surface area contributed by atoms with Crippen molar-refractivity contribution in [3.63, 3.8) is 0 Å². The molecule has 6 nitrogen and oxygen atoms in total. The number of rotatable bonds is 3. The molecule has 2 bridgehead atoms. The van der Waals surface area contributed by atoms with Gasteiger partial charge in [0.1, 0.15) is 17.5 Å². The summed E-state index contributed by atoms with van der Waals surface area (Å²) in [6.45, 7) is 10.9. The monoisotopic (exact) mass is 472 g/mol. The van der Waals surface area contributed by atoms with E-state index in [9.17, 15) is 19.6 Å². The summed E-state index contributed by atoms with van der Waals surface area (Å²) in [6.07, 6.45) is 4.10. The van der Waals surface area contributed by atoms with E-state index in [-0.39, 0.29) is 22.7 Å². The summed E-state index contributed by atoms with van der Waals surface area (Å²) in [5.41, 5.74) is 3.48. The maximum absolute atomic E-state index is 14.4. The average molecular weight is 473 g/mol. The van der Waals surface area contributed by atoms with Gasteiger partial charge in [-0.1, -0.05) is 32.6 Å². The SMILES string of the molecule is C=CC(=O)N1CC2(CCN(c3nc4c(c(-c5cccc(F)c5O)c3C#N)C[C@H]3C[C@@H]4C3(C)C)C2)C1. The van der Waals surface area contributed by atoms with Gasteiger partial charge in [-0.25, -0.2) is 9.37 Å². The van der Waals surface area contributed by atoms with Crippen molar-refractivity contribution >= 4 is 11.7 Å². The van der Waals surface area contributed by atoms with E-state index in [1.807, 2.05) is 0 Å². The van der Waals surface area contributed by atoms with Gasteiger partial charge in [0, 0.05) is 48.6 Å². The first-order valence-corrected chi connectivity index (χ1v) is 12.3. The van der Waals surface area contributed by atoms with Crippen molar-refractivity contribution in [1.82, 2.24) is 9.88 Å². The predicted octanol–water partition coefficient (Wildman–Crippen LogP) is 4.38. The van der Waals surface area contributed by atoms with Gasteiger partial charge < -0.3 is 14.9 Å². The largest absolute Gasteiger partial charge is 0.504 e. The van der Waals surface area contributed by atoms with Crippen LogP contribution in [0.15, 0.2) is 30.9 Å². The Labute approximate surface area is 204 Å². The summed E-state index contributed by atoms with van der Waals surface area (Å²) in [5, 5.41) is 21.0. The van der Waals surface area contributed by atoms with E-state index in [0.29, 0.717) is 48.1 Å². The lowest BCUT2D eigenvalue weighted by Crippen LogP contribution is -2.59. The number of amides is 1. The highest BCUT2D eigenvalue weighted by atomic mass is 19.1. The molecular formula is C28H29FN4O2. The number of benzene rings is 1. The lowest BCUT2D eigenvalue weighted by molar-refractivity contribution is -0.136. The van der Waals surface area contributed by atoms with Crippen LogP contribution in [-0.4, -0.2) is 47.1 Å². The molecule has 1 spiro atoms. The fourth-order valence-electron chi connectivity index (χ4n) is 6.97. The third-order valence-electron chi connectivity index (χ3n) is 9.21. The van der Waals surface area contributed by atoms with Crippen molar-refractivity contribution < 1.29 is 14.3 Å². The zero-order valence-electron chi connectivity index (χ0n) is 20.1. The van der Waals surface area contributed by atoms with E-state index in [0.717, 1.165) is 37.1 Å². The summed E-state index contributed by atoms with van der Waals surface area (Å²) in [6, 6.07) is 6.88. The van der Waals surface area contributed by atoms with Gasteiger partial charge in [0.05, 0.1) is 5.69 Å². The third kappa shape index (κ3) is 2.98. The van der Waals surface area contributed by atoms with E-state index < -0.39 is 11.6 Å². The number of halogens is 1. The van der Waals surface area contributed by atoms with Crippen LogP contribution < -0.4 is 4.90 Å². The number of anilines is 1. The molecular weight excluding hydrogens is 443 g/mol. The molecule has 1 aromatic heterocycles. The molecule has 5 aliphatic rings. The second kappa shape index (κ2) is 7.30. The number of carbonyl (C=O) groups is 1. The van der Waals surface area contributed by atoms with Crippen LogP contribution in [0.3, 0.4) is 0 Å². The van der Waals surface area contributed by atoms with Crippen LogP contribution >= 0.6 is 0 Å². The Morgan fingerprint density at radius 1 is 1.34 bits per heavy atom. The van der Waals surface area contributed by atoms with Gasteiger partial charge in [-0.2, -0.15) is 5.26 Å². The number of phenols is 1. The number of nitriles is 1. The molecule has 0 unspecified atom stereocenters. The van der Waals surface area contributed by atoms with E-state index in [1.165, 1.54) is 12.1 Å². The van der Waals surface area contributed by atoms with Crippen LogP contribution in [-0.2, 0) is 11.2 Å². The predicted molar refractivity (Wildman–Crippen MR) is 130 cm³/mol. The molecule has 3 heterocycles. The average Bonchev–Trinajstić information content (AvgIpc) is 3.28. The third-order valence-corrected chi connectivity index (χ3v) is 9.21. The quantitative estimate of drug-likeness (QED) is 0.671. The number of hydrogen-bond acceptors (Lipinski definition) is 5. The Kier molecular flexibility index (Phi) is 4.61. The number of para-hydroxylation sites is 1. The first-order chi connectivity index (χ1) is 16.7. The van der Waals surface area contributed by atoms with Gasteiger partial charge in [-0.3, -0.25) is 4.79 Å². The molecule has 2 aromatic rings. The number of phenolic OH excluding ortho intramolecular Hbond substituents is 1. The van der Waals surface area contributed by atoms with Crippen molar-refractivity contribution in [3.05, 3.63) is 53.5 Å². The molecule has 2 atom stereocenters. The van der Waals surface area contributed by atoms with Crippen LogP contribution in [0.5, 0.6) is 5.75 Å². The fourth-order valence-corrected chi connectivity index (χ4v) is 6.97. The standard InChI is InChI=1S/C28H29FN4O2/c1-4-22(34)33-14-28(15-33)8-9-32(13-28)26-19(12-30)23(17-6-5-7-21(29)25(17)35)18-10-16-11-20(24(18)31-26)27(16,2)3/h4-7,16,20,35H,1,8-11,13-15H2,2-3H3/t16-,20-/m0/s1. The zero-order valence-corrected chi connectivity index (χ0v) is 20.1. The highest BCUT2D eigenvalue weighted by Crippen LogP contribution is 2.63. The lowest BCUT2D eigenvalue weighted by Gasteiger charge is -2.57. The number of aromatic hydroxyl groups is 1. The Morgan fingerprint density at radius 2 is 2.11 bits per heavy atom. The lowest BCUT2D eigenvalue weighted by atomic mass is 9.48. The molecule has 2 aliphatic heterocycles. The first kappa shape index (κ1) is 22.1. The van der Waals surface area contributed by atoms with Crippen molar-refractivity contribution in [3.8, 4) is 22.9 Å². The molecule has 7 heteroatoms. The molecule has 35 heavy (non-hydrogen) atoms. The van der Waals surface area contributed by atoms with Crippen LogP contribution in [0.4, 0.5) is 10.2 Å². The van der Waals surface area contributed by atoms with Crippen LogP contribution in [0.25, 0.3) is 11.1 Å². The van der Waals surface area contributed by atoms with Gasteiger partial charge in [-0.15, -0.1) is 0 Å². The number of hydrogen-bond donors (Lipinski definition) is 1. The zero-order chi connectivity index (χ0) is 24.7.